The molecule has 2 aromatic carbocycles. The summed E-state index contributed by atoms with van der Waals surface area (Å²) in [5, 5.41) is 15.9. The van der Waals surface area contributed by atoms with Gasteiger partial charge in [-0.2, -0.15) is 0 Å². The minimum absolute atomic E-state index is 0.143. The second-order valence-corrected chi connectivity index (χ2v) is 7.27. The van der Waals surface area contributed by atoms with Gasteiger partial charge in [-0.1, -0.05) is 18.2 Å². The molecule has 174 valence electrons. The normalized spacial score (nSPS) is 18.2. The van der Waals surface area contributed by atoms with E-state index in [9.17, 15) is 37.7 Å². The molecule has 33 heavy (non-hydrogen) atoms. The third-order valence-electron chi connectivity index (χ3n) is 5.02. The molecule has 1 heterocycles. The molecule has 0 spiro atoms. The van der Waals surface area contributed by atoms with Gasteiger partial charge >= 0.3 is 12.4 Å². The van der Waals surface area contributed by atoms with Crippen LogP contribution >= 0.6 is 0 Å². The van der Waals surface area contributed by atoms with Crippen LogP contribution in [-0.4, -0.2) is 40.6 Å². The smallest absolute Gasteiger partial charge is 0.406 e. The molecule has 10 nitrogen and oxygen atoms in total. The predicted molar refractivity (Wildman–Crippen MR) is 107 cm³/mol. The van der Waals surface area contributed by atoms with Gasteiger partial charge < -0.3 is 15.4 Å². The Kier molecular flexibility index (Phi) is 5.99. The highest BCUT2D eigenvalue weighted by Crippen LogP contribution is 2.31. The molecular weight excluding hydrogens is 449 g/mol. The van der Waals surface area contributed by atoms with Crippen LogP contribution in [0.4, 0.5) is 29.3 Å². The maximum Gasteiger partial charge on any atom is 0.573 e. The van der Waals surface area contributed by atoms with Gasteiger partial charge in [0.25, 0.3) is 11.6 Å². The maximum atomic E-state index is 12.9. The number of urea groups is 1. The number of imide groups is 1. The highest BCUT2D eigenvalue weighted by molar-refractivity contribution is 6.10. The Morgan fingerprint density at radius 2 is 1.85 bits per heavy atom. The Balaban J connectivity index is 1.74. The predicted octanol–water partition coefficient (Wildman–Crippen LogP) is 3.21. The lowest BCUT2D eigenvalue weighted by Crippen LogP contribution is -2.42. The van der Waals surface area contributed by atoms with Crippen molar-refractivity contribution < 1.29 is 37.2 Å². The average molecular weight is 466 g/mol. The van der Waals surface area contributed by atoms with Gasteiger partial charge in [-0.05, 0) is 37.6 Å². The van der Waals surface area contributed by atoms with Crippen molar-refractivity contribution in [2.45, 2.75) is 25.7 Å². The summed E-state index contributed by atoms with van der Waals surface area (Å²) in [6, 6.07) is 7.55. The van der Waals surface area contributed by atoms with E-state index >= 15 is 0 Å². The number of amides is 4. The molecule has 1 atom stereocenters. The van der Waals surface area contributed by atoms with E-state index in [1.165, 1.54) is 44.2 Å². The fraction of sp³-hybridized carbons (Fsp3) is 0.250. The minimum atomic E-state index is -4.88. The van der Waals surface area contributed by atoms with Gasteiger partial charge in [-0.3, -0.25) is 24.6 Å². The molecule has 0 aromatic heterocycles. The van der Waals surface area contributed by atoms with Crippen molar-refractivity contribution in [1.29, 1.82) is 0 Å². The third-order valence-corrected chi connectivity index (χ3v) is 5.02. The zero-order chi connectivity index (χ0) is 24.6. The number of nitrogens with one attached hydrogen (secondary N) is 2. The Morgan fingerprint density at radius 3 is 2.42 bits per heavy atom. The molecule has 2 aromatic rings. The van der Waals surface area contributed by atoms with Crippen LogP contribution in [0.3, 0.4) is 0 Å². The molecule has 1 fully saturated rings. The van der Waals surface area contributed by atoms with Gasteiger partial charge in [-0.15, -0.1) is 13.2 Å². The number of ether oxygens (including phenoxy) is 1. The van der Waals surface area contributed by atoms with Crippen LogP contribution < -0.4 is 15.4 Å². The van der Waals surface area contributed by atoms with Crippen molar-refractivity contribution in [2.24, 2.45) is 0 Å². The highest BCUT2D eigenvalue weighted by Gasteiger charge is 2.49. The van der Waals surface area contributed by atoms with Crippen LogP contribution in [0.1, 0.15) is 18.1 Å². The van der Waals surface area contributed by atoms with Gasteiger partial charge in [0.1, 0.15) is 17.8 Å². The molecule has 3 rings (SSSR count). The molecule has 1 saturated heterocycles. The molecule has 1 unspecified atom stereocenters. The molecule has 1 aliphatic rings. The summed E-state index contributed by atoms with van der Waals surface area (Å²) in [6.45, 7) is 2.10. The number of benzene rings is 2. The second-order valence-electron chi connectivity index (χ2n) is 7.27. The minimum Gasteiger partial charge on any atom is -0.406 e. The number of hydrogen-bond acceptors (Lipinski definition) is 6. The second kappa shape index (κ2) is 8.41. The zero-order valence-electron chi connectivity index (χ0n) is 17.2. The Bertz CT molecular complexity index is 1140. The monoisotopic (exact) mass is 466 g/mol. The number of anilines is 1. The van der Waals surface area contributed by atoms with E-state index in [0.717, 1.165) is 12.1 Å². The first-order chi connectivity index (χ1) is 15.3. The zero-order valence-corrected chi connectivity index (χ0v) is 17.2. The number of alkyl halides is 3. The van der Waals surface area contributed by atoms with E-state index in [1.54, 1.807) is 0 Å². The van der Waals surface area contributed by atoms with Crippen molar-refractivity contribution >= 4 is 29.2 Å². The van der Waals surface area contributed by atoms with Crippen LogP contribution in [0.25, 0.3) is 0 Å². The van der Waals surface area contributed by atoms with E-state index in [1.807, 2.05) is 0 Å². The molecule has 2 N–H and O–H groups in total. The van der Waals surface area contributed by atoms with Crippen LogP contribution in [0.2, 0.25) is 0 Å². The number of carbonyl (C=O) groups is 3. The summed E-state index contributed by atoms with van der Waals surface area (Å²) < 4.78 is 40.8. The first-order valence-corrected chi connectivity index (χ1v) is 9.36. The molecule has 13 heteroatoms. The molecule has 0 bridgehead atoms. The summed E-state index contributed by atoms with van der Waals surface area (Å²) >= 11 is 0. The molecule has 0 radical (unpaired) electrons. The summed E-state index contributed by atoms with van der Waals surface area (Å²) in [4.78, 5) is 48.8. The molecule has 4 amide bonds. The van der Waals surface area contributed by atoms with E-state index in [-0.39, 0.29) is 22.5 Å². The summed E-state index contributed by atoms with van der Waals surface area (Å²) in [5.41, 5.74) is -1.33. The van der Waals surface area contributed by atoms with E-state index < -0.39 is 47.0 Å². The Labute approximate surface area is 184 Å². The van der Waals surface area contributed by atoms with Crippen LogP contribution in [0, 0.1) is 17.0 Å². The van der Waals surface area contributed by atoms with Crippen LogP contribution in [-0.2, 0) is 15.1 Å². The van der Waals surface area contributed by atoms with Gasteiger partial charge in [0, 0.05) is 6.07 Å². The fourth-order valence-electron chi connectivity index (χ4n) is 3.32. The van der Waals surface area contributed by atoms with Gasteiger partial charge in [-0.25, -0.2) is 4.79 Å². The lowest BCUT2D eigenvalue weighted by molar-refractivity contribution is -0.385. The number of halogens is 3. The summed E-state index contributed by atoms with van der Waals surface area (Å²) in [5.74, 6) is -2.08. The number of rotatable bonds is 6. The Hall–Kier alpha value is -4.16. The topological polar surface area (TPSA) is 131 Å². The SMILES string of the molecule is Cc1c(NC(=O)CN2C(=O)NC(C)(c3ccc(OC(F)(F)F)cc3)C2=O)cccc1[N+](=O)[O-]. The first-order valence-electron chi connectivity index (χ1n) is 9.36. The number of nitro benzene ring substituents is 1. The number of hydrogen-bond donors (Lipinski definition) is 2. The van der Waals surface area contributed by atoms with E-state index in [0.29, 0.717) is 4.90 Å². The van der Waals surface area contributed by atoms with Gasteiger partial charge in [0.2, 0.25) is 5.91 Å². The van der Waals surface area contributed by atoms with E-state index in [2.05, 4.69) is 15.4 Å². The fourth-order valence-corrected chi connectivity index (χ4v) is 3.32. The summed E-state index contributed by atoms with van der Waals surface area (Å²) in [6.07, 6.45) is -4.88. The molecular formula is C20H17F3N4O6. The van der Waals surface area contributed by atoms with Crippen molar-refractivity contribution in [2.75, 3.05) is 11.9 Å². The highest BCUT2D eigenvalue weighted by atomic mass is 19.4. The third kappa shape index (κ3) is 4.86. The first kappa shape index (κ1) is 23.5. The number of carbonyl (C=O) groups excluding carboxylic acids is 3. The number of nitrogens with zero attached hydrogens (tertiary/aromatic N) is 2. The number of nitro groups is 1. The van der Waals surface area contributed by atoms with E-state index in [4.69, 9.17) is 0 Å². The Morgan fingerprint density at radius 1 is 1.21 bits per heavy atom. The molecule has 1 aliphatic heterocycles. The van der Waals surface area contributed by atoms with Crippen molar-refractivity contribution in [3.63, 3.8) is 0 Å². The standard InChI is InChI=1S/C20H17F3N4O6/c1-11-14(4-3-5-15(11)27(31)32)24-16(28)10-26-17(29)19(2,25-18(26)30)12-6-8-13(9-7-12)33-20(21,22)23/h3-9H,10H2,1-2H3,(H,24,28)(H,25,30). The van der Waals surface area contributed by atoms with Crippen molar-refractivity contribution in [3.8, 4) is 5.75 Å². The average Bonchev–Trinajstić information content (AvgIpc) is 2.92. The quantitative estimate of drug-likeness (QED) is 0.382. The molecule has 0 aliphatic carbocycles. The lowest BCUT2D eigenvalue weighted by Gasteiger charge is -2.22. The van der Waals surface area contributed by atoms with Crippen molar-refractivity contribution in [3.05, 3.63) is 63.7 Å². The van der Waals surface area contributed by atoms with Gasteiger partial charge in [0.05, 0.1) is 16.2 Å². The van der Waals surface area contributed by atoms with Crippen molar-refractivity contribution in [1.82, 2.24) is 10.2 Å². The van der Waals surface area contributed by atoms with Crippen LogP contribution in [0.5, 0.6) is 5.75 Å². The van der Waals surface area contributed by atoms with Gasteiger partial charge in [0.15, 0.2) is 0 Å². The van der Waals surface area contributed by atoms with Crippen LogP contribution in [0.15, 0.2) is 42.5 Å². The lowest BCUT2D eigenvalue weighted by atomic mass is 9.92. The largest absolute Gasteiger partial charge is 0.573 e. The maximum absolute atomic E-state index is 12.9. The molecule has 0 saturated carbocycles. The summed E-state index contributed by atoms with van der Waals surface area (Å²) in [7, 11) is 0.